The number of amides is 1. The number of ether oxygens (including phenoxy) is 1. The molecule has 0 radical (unpaired) electrons. The van der Waals surface area contributed by atoms with Gasteiger partial charge in [-0.15, -0.1) is 0 Å². The van der Waals surface area contributed by atoms with E-state index in [0.29, 0.717) is 22.8 Å². The summed E-state index contributed by atoms with van der Waals surface area (Å²) in [5, 5.41) is 3.03. The molecule has 1 aromatic heterocycles. The molecule has 1 N–H and O–H groups in total. The van der Waals surface area contributed by atoms with Gasteiger partial charge in [-0.05, 0) is 52.8 Å². The van der Waals surface area contributed by atoms with Gasteiger partial charge in [0.15, 0.2) is 0 Å². The lowest BCUT2D eigenvalue weighted by Crippen LogP contribution is -2.15. The Kier molecular flexibility index (Phi) is 5.34. The number of rotatable bonds is 4. The van der Waals surface area contributed by atoms with Gasteiger partial charge in [0.05, 0.1) is 22.3 Å². The smallest absolute Gasteiger partial charge is 0.339 e. The number of halogens is 1. The van der Waals surface area contributed by atoms with E-state index in [1.54, 1.807) is 39.8 Å². The lowest BCUT2D eigenvalue weighted by Gasteiger charge is -2.11. The van der Waals surface area contributed by atoms with Gasteiger partial charge in [0.1, 0.15) is 11.5 Å². The average molecular weight is 350 g/mol. The third-order valence-corrected chi connectivity index (χ3v) is 3.90. The molecule has 0 spiro atoms. The molecule has 0 saturated heterocycles. The first kappa shape index (κ1) is 18.1. The molecule has 0 fully saturated rings. The third kappa shape index (κ3) is 3.79. The second-order valence-electron chi connectivity index (χ2n) is 5.82. The van der Waals surface area contributed by atoms with Crippen LogP contribution in [0.4, 0.5) is 5.69 Å². The maximum absolute atomic E-state index is 12.5. The molecule has 0 aliphatic carbocycles. The summed E-state index contributed by atoms with van der Waals surface area (Å²) >= 11 is 6.05. The van der Waals surface area contributed by atoms with Gasteiger partial charge in [-0.2, -0.15) is 0 Å². The Morgan fingerprint density at radius 3 is 2.38 bits per heavy atom. The summed E-state index contributed by atoms with van der Waals surface area (Å²) in [7, 11) is 0. The molecule has 1 heterocycles. The predicted octanol–water partition coefficient (Wildman–Crippen LogP) is 4.68. The highest BCUT2D eigenvalue weighted by Crippen LogP contribution is 2.25. The minimum atomic E-state index is -0.530. The molecule has 6 heteroatoms. The Balaban J connectivity index is 2.27. The van der Waals surface area contributed by atoms with E-state index in [2.05, 4.69) is 5.32 Å². The van der Waals surface area contributed by atoms with Crippen molar-refractivity contribution in [3.8, 4) is 0 Å². The molecule has 0 aliphatic heterocycles. The van der Waals surface area contributed by atoms with Crippen LogP contribution in [0, 0.1) is 20.8 Å². The molecule has 24 heavy (non-hydrogen) atoms. The van der Waals surface area contributed by atoms with Gasteiger partial charge in [0, 0.05) is 11.3 Å². The summed E-state index contributed by atoms with van der Waals surface area (Å²) in [5.74, 6) is 0.427. The summed E-state index contributed by atoms with van der Waals surface area (Å²) in [6.07, 6.45) is -0.258. The van der Waals surface area contributed by atoms with E-state index >= 15 is 0 Å². The first-order valence-electron chi connectivity index (χ1n) is 7.59. The number of carbonyl (C=O) groups is 2. The third-order valence-electron chi connectivity index (χ3n) is 3.58. The second kappa shape index (κ2) is 7.09. The Morgan fingerprint density at radius 1 is 1.17 bits per heavy atom. The zero-order valence-electron chi connectivity index (χ0n) is 14.3. The standard InChI is InChI=1S/C18H20ClNO4/c1-9(2)23-18(22)14-8-13(6-7-15(14)19)20-17(21)16-10(3)11(4)24-12(16)5/h6-9H,1-5H3,(H,20,21). The van der Waals surface area contributed by atoms with Gasteiger partial charge in [-0.1, -0.05) is 11.6 Å². The van der Waals surface area contributed by atoms with Crippen LogP contribution in [0.1, 0.15) is 51.6 Å². The number of hydrogen-bond donors (Lipinski definition) is 1. The number of aryl methyl sites for hydroxylation is 2. The van der Waals surface area contributed by atoms with E-state index < -0.39 is 5.97 Å². The highest BCUT2D eigenvalue weighted by molar-refractivity contribution is 6.33. The minimum absolute atomic E-state index is 0.208. The topological polar surface area (TPSA) is 68.5 Å². The first-order valence-corrected chi connectivity index (χ1v) is 7.97. The molecular weight excluding hydrogens is 330 g/mol. The molecule has 0 bridgehead atoms. The minimum Gasteiger partial charge on any atom is -0.466 e. The van der Waals surface area contributed by atoms with Crippen LogP contribution in [0.25, 0.3) is 0 Å². The molecule has 0 atom stereocenters. The van der Waals surface area contributed by atoms with E-state index in [4.69, 9.17) is 20.8 Å². The van der Waals surface area contributed by atoms with Crippen LogP contribution in [-0.4, -0.2) is 18.0 Å². The molecule has 0 unspecified atom stereocenters. The lowest BCUT2D eigenvalue weighted by atomic mass is 10.1. The molecule has 0 aliphatic rings. The van der Waals surface area contributed by atoms with Gasteiger partial charge in [-0.25, -0.2) is 4.79 Å². The molecular formula is C18H20ClNO4. The van der Waals surface area contributed by atoms with Crippen LogP contribution in [0.2, 0.25) is 5.02 Å². The van der Waals surface area contributed by atoms with E-state index in [1.165, 1.54) is 6.07 Å². The SMILES string of the molecule is Cc1oc(C)c(C(=O)Nc2ccc(Cl)c(C(=O)OC(C)C)c2)c1C. The molecule has 0 saturated carbocycles. The highest BCUT2D eigenvalue weighted by atomic mass is 35.5. The predicted molar refractivity (Wildman–Crippen MR) is 92.9 cm³/mol. The number of nitrogens with one attached hydrogen (secondary N) is 1. The average Bonchev–Trinajstić information content (AvgIpc) is 2.73. The summed E-state index contributed by atoms with van der Waals surface area (Å²) in [6, 6.07) is 4.68. The van der Waals surface area contributed by atoms with Gasteiger partial charge in [0.25, 0.3) is 5.91 Å². The van der Waals surface area contributed by atoms with Gasteiger partial charge in [-0.3, -0.25) is 4.79 Å². The summed E-state index contributed by atoms with van der Waals surface area (Å²) in [5.41, 5.74) is 1.95. The zero-order valence-corrected chi connectivity index (χ0v) is 15.1. The van der Waals surface area contributed by atoms with Crippen LogP contribution >= 0.6 is 11.6 Å². The maximum atomic E-state index is 12.5. The number of furan rings is 1. The molecule has 2 aromatic rings. The highest BCUT2D eigenvalue weighted by Gasteiger charge is 2.20. The first-order chi connectivity index (χ1) is 11.2. The molecule has 2 rings (SSSR count). The van der Waals surface area contributed by atoms with E-state index in [-0.39, 0.29) is 22.6 Å². The number of benzene rings is 1. The van der Waals surface area contributed by atoms with Crippen LogP contribution < -0.4 is 5.32 Å². The Labute approximate surface area is 145 Å². The van der Waals surface area contributed by atoms with Crippen LogP contribution in [-0.2, 0) is 4.74 Å². The fraction of sp³-hybridized carbons (Fsp3) is 0.333. The second-order valence-corrected chi connectivity index (χ2v) is 6.22. The van der Waals surface area contributed by atoms with Gasteiger partial charge >= 0.3 is 5.97 Å². The van der Waals surface area contributed by atoms with E-state index in [0.717, 1.165) is 5.56 Å². The van der Waals surface area contributed by atoms with E-state index in [9.17, 15) is 9.59 Å². The van der Waals surface area contributed by atoms with Crippen molar-refractivity contribution in [2.24, 2.45) is 0 Å². The van der Waals surface area contributed by atoms with Crippen molar-refractivity contribution >= 4 is 29.2 Å². The summed E-state index contributed by atoms with van der Waals surface area (Å²) in [6.45, 7) is 8.88. The number of hydrogen-bond acceptors (Lipinski definition) is 4. The number of esters is 1. The molecule has 128 valence electrons. The van der Waals surface area contributed by atoms with Crippen LogP contribution in [0.5, 0.6) is 0 Å². The van der Waals surface area contributed by atoms with Crippen molar-refractivity contribution < 1.29 is 18.7 Å². The monoisotopic (exact) mass is 349 g/mol. The molecule has 5 nitrogen and oxygen atoms in total. The van der Waals surface area contributed by atoms with E-state index in [1.807, 2.05) is 6.92 Å². The maximum Gasteiger partial charge on any atom is 0.339 e. The van der Waals surface area contributed by atoms with Crippen LogP contribution in [0.3, 0.4) is 0 Å². The van der Waals surface area contributed by atoms with Crippen molar-refractivity contribution in [3.63, 3.8) is 0 Å². The lowest BCUT2D eigenvalue weighted by molar-refractivity contribution is 0.0378. The number of anilines is 1. The zero-order chi connectivity index (χ0) is 18.0. The van der Waals surface area contributed by atoms with Crippen molar-refractivity contribution in [3.05, 3.63) is 51.4 Å². The quantitative estimate of drug-likeness (QED) is 0.814. The largest absolute Gasteiger partial charge is 0.466 e. The van der Waals surface area contributed by atoms with Crippen molar-refractivity contribution in [2.45, 2.75) is 40.7 Å². The fourth-order valence-corrected chi connectivity index (χ4v) is 2.55. The van der Waals surface area contributed by atoms with Gasteiger partial charge < -0.3 is 14.5 Å². The number of carbonyl (C=O) groups excluding carboxylic acids is 2. The van der Waals surface area contributed by atoms with Crippen molar-refractivity contribution in [2.75, 3.05) is 5.32 Å². The van der Waals surface area contributed by atoms with Gasteiger partial charge in [0.2, 0.25) is 0 Å². The Bertz CT molecular complexity index is 793. The molecule has 1 amide bonds. The normalized spacial score (nSPS) is 10.8. The summed E-state index contributed by atoms with van der Waals surface area (Å²) < 4.78 is 10.6. The van der Waals surface area contributed by atoms with Crippen molar-refractivity contribution in [1.82, 2.24) is 0 Å². The Hall–Kier alpha value is -2.27. The summed E-state index contributed by atoms with van der Waals surface area (Å²) in [4.78, 5) is 24.6. The molecule has 1 aromatic carbocycles. The van der Waals surface area contributed by atoms with Crippen LogP contribution in [0.15, 0.2) is 22.6 Å². The fourth-order valence-electron chi connectivity index (χ4n) is 2.36. The van der Waals surface area contributed by atoms with Crippen molar-refractivity contribution in [1.29, 1.82) is 0 Å². The Morgan fingerprint density at radius 2 is 1.83 bits per heavy atom.